The van der Waals surface area contributed by atoms with Crippen molar-refractivity contribution in [1.29, 1.82) is 0 Å². The molecule has 0 radical (unpaired) electrons. The van der Waals surface area contributed by atoms with Crippen molar-refractivity contribution in [2.24, 2.45) is 5.10 Å². The summed E-state index contributed by atoms with van der Waals surface area (Å²) in [6, 6.07) is 17.4. The van der Waals surface area contributed by atoms with Crippen LogP contribution in [0, 0.1) is 0 Å². The van der Waals surface area contributed by atoms with Crippen LogP contribution in [0.1, 0.15) is 21.5 Å². The summed E-state index contributed by atoms with van der Waals surface area (Å²) < 4.78 is 1.42. The van der Waals surface area contributed by atoms with Crippen LogP contribution < -0.4 is 11.0 Å². The monoisotopic (exact) mass is 399 g/mol. The highest BCUT2D eigenvalue weighted by atomic mass is 35.5. The Balaban J connectivity index is 1.77. The molecule has 0 saturated heterocycles. The van der Waals surface area contributed by atoms with Gasteiger partial charge in [-0.25, -0.2) is 5.43 Å². The molecular formula is C20H15Cl2N3O2. The van der Waals surface area contributed by atoms with E-state index in [2.05, 4.69) is 10.5 Å². The smallest absolute Gasteiger partial charge is 0.276 e. The van der Waals surface area contributed by atoms with Gasteiger partial charge in [0.1, 0.15) is 5.56 Å². The summed E-state index contributed by atoms with van der Waals surface area (Å²) >= 11 is 12.2. The van der Waals surface area contributed by atoms with Gasteiger partial charge < -0.3 is 4.57 Å². The number of hydrogen-bond acceptors (Lipinski definition) is 3. The first kappa shape index (κ1) is 18.9. The van der Waals surface area contributed by atoms with Crippen LogP contribution in [0.3, 0.4) is 0 Å². The number of carbonyl (C=O) groups is 1. The second-order valence-electron chi connectivity index (χ2n) is 5.67. The molecule has 0 unspecified atom stereocenters. The largest absolute Gasteiger partial charge is 0.310 e. The zero-order valence-corrected chi connectivity index (χ0v) is 15.6. The van der Waals surface area contributed by atoms with Crippen molar-refractivity contribution in [2.45, 2.75) is 6.54 Å². The van der Waals surface area contributed by atoms with E-state index in [1.807, 2.05) is 18.2 Å². The highest BCUT2D eigenvalue weighted by Crippen LogP contribution is 2.15. The second-order valence-corrected chi connectivity index (χ2v) is 6.48. The van der Waals surface area contributed by atoms with Crippen molar-refractivity contribution in [1.82, 2.24) is 9.99 Å². The highest BCUT2D eigenvalue weighted by Gasteiger charge is 2.12. The van der Waals surface area contributed by atoms with Gasteiger partial charge in [0, 0.05) is 21.8 Å². The number of hydrazone groups is 1. The molecule has 0 aliphatic carbocycles. The lowest BCUT2D eigenvalue weighted by molar-refractivity contribution is 0.0953. The molecule has 27 heavy (non-hydrogen) atoms. The third-order valence-corrected chi connectivity index (χ3v) is 4.55. The first-order valence-corrected chi connectivity index (χ1v) is 8.82. The van der Waals surface area contributed by atoms with Gasteiger partial charge in [0.2, 0.25) is 0 Å². The minimum absolute atomic E-state index is 0.0131. The molecule has 7 heteroatoms. The van der Waals surface area contributed by atoms with Crippen LogP contribution in [-0.4, -0.2) is 16.7 Å². The molecule has 0 aliphatic heterocycles. The van der Waals surface area contributed by atoms with E-state index in [-0.39, 0.29) is 12.1 Å². The molecule has 136 valence electrons. The van der Waals surface area contributed by atoms with Gasteiger partial charge in [-0.3, -0.25) is 9.59 Å². The zero-order chi connectivity index (χ0) is 19.2. The van der Waals surface area contributed by atoms with Crippen molar-refractivity contribution >= 4 is 35.3 Å². The van der Waals surface area contributed by atoms with Gasteiger partial charge in [0.05, 0.1) is 12.8 Å². The van der Waals surface area contributed by atoms with Gasteiger partial charge in [-0.15, -0.1) is 0 Å². The molecular weight excluding hydrogens is 385 g/mol. The fourth-order valence-electron chi connectivity index (χ4n) is 2.44. The van der Waals surface area contributed by atoms with Gasteiger partial charge in [-0.2, -0.15) is 5.10 Å². The number of pyridine rings is 1. The Hall–Kier alpha value is -2.89. The Morgan fingerprint density at radius 2 is 1.70 bits per heavy atom. The number of nitrogens with zero attached hydrogens (tertiary/aromatic N) is 2. The van der Waals surface area contributed by atoms with Crippen LogP contribution in [0.25, 0.3) is 0 Å². The Morgan fingerprint density at radius 1 is 1.00 bits per heavy atom. The average molecular weight is 400 g/mol. The predicted octanol–water partition coefficient (Wildman–Crippen LogP) is 3.97. The molecule has 1 aromatic heterocycles. The predicted molar refractivity (Wildman–Crippen MR) is 108 cm³/mol. The Bertz CT molecular complexity index is 1060. The van der Waals surface area contributed by atoms with Crippen LogP contribution in [0.2, 0.25) is 10.0 Å². The maximum Gasteiger partial charge on any atom is 0.276 e. The molecule has 1 heterocycles. The van der Waals surface area contributed by atoms with Crippen molar-refractivity contribution < 1.29 is 4.79 Å². The summed E-state index contributed by atoms with van der Waals surface area (Å²) in [6.45, 7) is 0.266. The topological polar surface area (TPSA) is 63.5 Å². The number of aromatic nitrogens is 1. The number of halogens is 2. The van der Waals surface area contributed by atoms with E-state index in [0.717, 1.165) is 5.56 Å². The van der Waals surface area contributed by atoms with E-state index < -0.39 is 11.5 Å². The molecule has 3 rings (SSSR count). The molecule has 0 atom stereocenters. The highest BCUT2D eigenvalue weighted by molar-refractivity contribution is 6.33. The van der Waals surface area contributed by atoms with Gasteiger partial charge >= 0.3 is 0 Å². The van der Waals surface area contributed by atoms with E-state index in [0.29, 0.717) is 15.6 Å². The second kappa shape index (κ2) is 8.66. The molecule has 5 nitrogen and oxygen atoms in total. The van der Waals surface area contributed by atoms with E-state index >= 15 is 0 Å². The summed E-state index contributed by atoms with van der Waals surface area (Å²) in [5.41, 5.74) is 3.35. The molecule has 0 bridgehead atoms. The normalized spacial score (nSPS) is 10.9. The average Bonchev–Trinajstić information content (AvgIpc) is 2.66. The third kappa shape index (κ3) is 4.64. The van der Waals surface area contributed by atoms with E-state index in [4.69, 9.17) is 23.2 Å². The van der Waals surface area contributed by atoms with Crippen LogP contribution >= 0.6 is 23.2 Å². The quantitative estimate of drug-likeness (QED) is 0.521. The number of hydrogen-bond donors (Lipinski definition) is 1. The molecule has 0 fully saturated rings. The van der Waals surface area contributed by atoms with Crippen molar-refractivity contribution in [3.05, 3.63) is 104 Å². The van der Waals surface area contributed by atoms with Crippen LogP contribution in [0.4, 0.5) is 0 Å². The number of nitrogens with one attached hydrogen (secondary N) is 1. The Kier molecular flexibility index (Phi) is 6.06. The summed E-state index contributed by atoms with van der Waals surface area (Å²) in [4.78, 5) is 24.9. The summed E-state index contributed by atoms with van der Waals surface area (Å²) in [5, 5.41) is 4.94. The number of rotatable bonds is 5. The summed E-state index contributed by atoms with van der Waals surface area (Å²) in [7, 11) is 0. The van der Waals surface area contributed by atoms with Crippen LogP contribution in [-0.2, 0) is 6.54 Å². The minimum Gasteiger partial charge on any atom is -0.310 e. The summed E-state index contributed by atoms with van der Waals surface area (Å²) in [5.74, 6) is -0.600. The number of carbonyl (C=O) groups excluding carboxylic acids is 1. The first-order chi connectivity index (χ1) is 13.1. The van der Waals surface area contributed by atoms with Gasteiger partial charge in [0.25, 0.3) is 11.5 Å². The van der Waals surface area contributed by atoms with Gasteiger partial charge in [0.15, 0.2) is 0 Å². The maximum atomic E-state index is 12.6. The van der Waals surface area contributed by atoms with E-state index in [1.165, 1.54) is 16.8 Å². The lowest BCUT2D eigenvalue weighted by Crippen LogP contribution is -2.31. The Labute approximate surface area is 165 Å². The van der Waals surface area contributed by atoms with Crippen molar-refractivity contribution in [3.63, 3.8) is 0 Å². The molecule has 3 aromatic rings. The molecule has 2 aromatic carbocycles. The van der Waals surface area contributed by atoms with E-state index in [1.54, 1.807) is 42.6 Å². The van der Waals surface area contributed by atoms with Crippen LogP contribution in [0.5, 0.6) is 0 Å². The standard InChI is InChI=1S/C20H15Cl2N3O2/c21-17-9-3-1-6-14(17)12-23-24-19(26)16-8-5-11-25(20(16)27)13-15-7-2-4-10-18(15)22/h1-12H,13H2,(H,24,26)/b23-12-. The van der Waals surface area contributed by atoms with Gasteiger partial charge in [-0.1, -0.05) is 59.6 Å². The maximum absolute atomic E-state index is 12.6. The fourth-order valence-corrected chi connectivity index (χ4v) is 2.82. The lowest BCUT2D eigenvalue weighted by Gasteiger charge is -2.09. The first-order valence-electron chi connectivity index (χ1n) is 8.07. The minimum atomic E-state index is -0.600. The molecule has 0 spiro atoms. The molecule has 0 saturated carbocycles. The lowest BCUT2D eigenvalue weighted by atomic mass is 10.2. The van der Waals surface area contributed by atoms with Crippen LogP contribution in [0.15, 0.2) is 76.8 Å². The van der Waals surface area contributed by atoms with Crippen molar-refractivity contribution in [3.8, 4) is 0 Å². The molecule has 1 amide bonds. The summed E-state index contributed by atoms with van der Waals surface area (Å²) in [6.07, 6.45) is 3.03. The molecule has 1 N–H and O–H groups in total. The third-order valence-electron chi connectivity index (χ3n) is 3.84. The number of benzene rings is 2. The fraction of sp³-hybridized carbons (Fsp3) is 0.0500. The molecule has 0 aliphatic rings. The van der Waals surface area contributed by atoms with Gasteiger partial charge in [-0.05, 0) is 29.8 Å². The van der Waals surface area contributed by atoms with Crippen molar-refractivity contribution in [2.75, 3.05) is 0 Å². The SMILES string of the molecule is O=C(N/N=C\c1ccccc1Cl)c1cccn(Cc2ccccc2Cl)c1=O. The number of amides is 1. The Morgan fingerprint density at radius 3 is 2.44 bits per heavy atom. The zero-order valence-electron chi connectivity index (χ0n) is 14.1. The van der Waals surface area contributed by atoms with E-state index in [9.17, 15) is 9.59 Å².